The maximum Gasteiger partial charge on any atom is 0.000769 e. The highest BCUT2D eigenvalue weighted by Crippen LogP contribution is 2.41. The summed E-state index contributed by atoms with van der Waals surface area (Å²) in [5.74, 6) is 0. The molecule has 0 amide bonds. The van der Waals surface area contributed by atoms with Crippen LogP contribution in [0.1, 0.15) is 65.2 Å². The van der Waals surface area contributed by atoms with Crippen LogP contribution in [0.25, 0.3) is 0 Å². The molecule has 1 fully saturated rings. The van der Waals surface area contributed by atoms with E-state index in [1.807, 2.05) is 0 Å². The molecule has 1 rings (SSSR count). The summed E-state index contributed by atoms with van der Waals surface area (Å²) in [4.78, 5) is 0. The van der Waals surface area contributed by atoms with E-state index in [4.69, 9.17) is 0 Å². The molecule has 0 aromatic heterocycles. The second kappa shape index (κ2) is 6.44. The van der Waals surface area contributed by atoms with Crippen molar-refractivity contribution in [2.45, 2.75) is 65.2 Å². The van der Waals surface area contributed by atoms with E-state index in [9.17, 15) is 0 Å². The average molecular weight is 197 g/mol. The lowest BCUT2D eigenvalue weighted by Crippen LogP contribution is -2.32. The summed E-state index contributed by atoms with van der Waals surface area (Å²) >= 11 is 0. The van der Waals surface area contributed by atoms with Crippen molar-refractivity contribution < 1.29 is 0 Å². The number of nitrogens with one attached hydrogen (secondary N) is 1. The molecule has 0 unspecified atom stereocenters. The molecule has 1 nitrogen and oxygen atoms in total. The van der Waals surface area contributed by atoms with Gasteiger partial charge in [-0.3, -0.25) is 0 Å². The first kappa shape index (κ1) is 12.0. The van der Waals surface area contributed by atoms with Gasteiger partial charge in [-0.05, 0) is 31.2 Å². The quantitative estimate of drug-likeness (QED) is 0.613. The molecule has 1 N–H and O–H groups in total. The Morgan fingerprint density at radius 2 is 1.79 bits per heavy atom. The molecule has 0 aromatic rings. The SMILES string of the molecule is CCCCCC1(CNCC)CCCC1. The highest BCUT2D eigenvalue weighted by Gasteiger charge is 2.32. The van der Waals surface area contributed by atoms with Gasteiger partial charge >= 0.3 is 0 Å². The van der Waals surface area contributed by atoms with Gasteiger partial charge in [0.25, 0.3) is 0 Å². The molecule has 0 heterocycles. The zero-order valence-electron chi connectivity index (χ0n) is 10.1. The Hall–Kier alpha value is -0.0400. The van der Waals surface area contributed by atoms with Gasteiger partial charge in [0.2, 0.25) is 0 Å². The highest BCUT2D eigenvalue weighted by molar-refractivity contribution is 4.86. The van der Waals surface area contributed by atoms with Crippen LogP contribution >= 0.6 is 0 Å². The largest absolute Gasteiger partial charge is 0.316 e. The van der Waals surface area contributed by atoms with Crippen molar-refractivity contribution >= 4 is 0 Å². The average Bonchev–Trinajstić information content (AvgIpc) is 2.65. The van der Waals surface area contributed by atoms with Crippen LogP contribution in [0.5, 0.6) is 0 Å². The van der Waals surface area contributed by atoms with E-state index >= 15 is 0 Å². The summed E-state index contributed by atoms with van der Waals surface area (Å²) in [5.41, 5.74) is 0.686. The van der Waals surface area contributed by atoms with Crippen molar-refractivity contribution in [1.82, 2.24) is 5.32 Å². The van der Waals surface area contributed by atoms with Crippen molar-refractivity contribution in [3.05, 3.63) is 0 Å². The maximum atomic E-state index is 3.56. The van der Waals surface area contributed by atoms with Gasteiger partial charge in [-0.1, -0.05) is 46.0 Å². The van der Waals surface area contributed by atoms with Crippen LogP contribution < -0.4 is 5.32 Å². The highest BCUT2D eigenvalue weighted by atomic mass is 14.9. The van der Waals surface area contributed by atoms with Crippen LogP contribution in [0.2, 0.25) is 0 Å². The summed E-state index contributed by atoms with van der Waals surface area (Å²) in [6.07, 6.45) is 11.6. The Morgan fingerprint density at radius 3 is 2.36 bits per heavy atom. The molecule has 14 heavy (non-hydrogen) atoms. The van der Waals surface area contributed by atoms with E-state index in [0.29, 0.717) is 5.41 Å². The van der Waals surface area contributed by atoms with E-state index in [-0.39, 0.29) is 0 Å². The Morgan fingerprint density at radius 1 is 1.07 bits per heavy atom. The first-order chi connectivity index (χ1) is 6.83. The van der Waals surface area contributed by atoms with Crippen LogP contribution in [-0.4, -0.2) is 13.1 Å². The number of hydrogen-bond donors (Lipinski definition) is 1. The van der Waals surface area contributed by atoms with Gasteiger partial charge in [0.1, 0.15) is 0 Å². The lowest BCUT2D eigenvalue weighted by atomic mass is 9.81. The molecule has 1 saturated carbocycles. The van der Waals surface area contributed by atoms with Crippen molar-refractivity contribution in [3.63, 3.8) is 0 Å². The molecule has 0 atom stereocenters. The predicted molar refractivity (Wildman–Crippen MR) is 63.6 cm³/mol. The summed E-state index contributed by atoms with van der Waals surface area (Å²) < 4.78 is 0. The number of hydrogen-bond acceptors (Lipinski definition) is 1. The Kier molecular flexibility index (Phi) is 5.54. The molecule has 0 spiro atoms. The van der Waals surface area contributed by atoms with E-state index < -0.39 is 0 Å². The fourth-order valence-corrected chi connectivity index (χ4v) is 2.78. The van der Waals surface area contributed by atoms with Crippen LogP contribution in [0, 0.1) is 5.41 Å². The molecule has 84 valence electrons. The molecule has 0 saturated heterocycles. The van der Waals surface area contributed by atoms with Gasteiger partial charge in [0, 0.05) is 6.54 Å². The molecule has 0 radical (unpaired) electrons. The lowest BCUT2D eigenvalue weighted by molar-refractivity contribution is 0.250. The first-order valence-corrected chi connectivity index (χ1v) is 6.54. The van der Waals surface area contributed by atoms with E-state index in [2.05, 4.69) is 19.2 Å². The van der Waals surface area contributed by atoms with Gasteiger partial charge in [0.15, 0.2) is 0 Å². The summed E-state index contributed by atoms with van der Waals surface area (Å²) in [7, 11) is 0. The second-order valence-electron chi connectivity index (χ2n) is 4.94. The standard InChI is InChI=1S/C13H27N/c1-3-5-6-9-13(12-14-4-2)10-7-8-11-13/h14H,3-12H2,1-2H3. The number of rotatable bonds is 7. The molecular weight excluding hydrogens is 170 g/mol. The van der Waals surface area contributed by atoms with Gasteiger partial charge in [0.05, 0.1) is 0 Å². The molecule has 0 bridgehead atoms. The zero-order valence-corrected chi connectivity index (χ0v) is 10.1. The van der Waals surface area contributed by atoms with E-state index in [1.54, 1.807) is 0 Å². The van der Waals surface area contributed by atoms with Crippen LogP contribution in [0.4, 0.5) is 0 Å². The second-order valence-corrected chi connectivity index (χ2v) is 4.94. The minimum absolute atomic E-state index is 0.686. The topological polar surface area (TPSA) is 12.0 Å². The predicted octanol–water partition coefficient (Wildman–Crippen LogP) is 3.74. The molecule has 1 heteroatoms. The first-order valence-electron chi connectivity index (χ1n) is 6.54. The Bertz CT molecular complexity index is 136. The molecule has 0 aliphatic heterocycles. The fourth-order valence-electron chi connectivity index (χ4n) is 2.78. The van der Waals surface area contributed by atoms with Gasteiger partial charge in [-0.25, -0.2) is 0 Å². The maximum absolute atomic E-state index is 3.56. The molecular formula is C13H27N. The lowest BCUT2D eigenvalue weighted by Gasteiger charge is -2.29. The summed E-state index contributed by atoms with van der Waals surface area (Å²) in [6, 6.07) is 0. The van der Waals surface area contributed by atoms with E-state index in [0.717, 1.165) is 6.54 Å². The smallest absolute Gasteiger partial charge is 0.000769 e. The zero-order chi connectivity index (χ0) is 10.3. The monoisotopic (exact) mass is 197 g/mol. The molecule has 1 aliphatic carbocycles. The summed E-state index contributed by atoms with van der Waals surface area (Å²) in [6.45, 7) is 6.92. The Balaban J connectivity index is 2.28. The third-order valence-corrected chi connectivity index (χ3v) is 3.72. The van der Waals surface area contributed by atoms with Gasteiger partial charge < -0.3 is 5.32 Å². The minimum atomic E-state index is 0.686. The third-order valence-electron chi connectivity index (χ3n) is 3.72. The number of unbranched alkanes of at least 4 members (excludes halogenated alkanes) is 2. The van der Waals surface area contributed by atoms with E-state index in [1.165, 1.54) is 57.9 Å². The van der Waals surface area contributed by atoms with Crippen LogP contribution in [0.15, 0.2) is 0 Å². The van der Waals surface area contributed by atoms with Gasteiger partial charge in [-0.15, -0.1) is 0 Å². The fraction of sp³-hybridized carbons (Fsp3) is 1.00. The van der Waals surface area contributed by atoms with Crippen molar-refractivity contribution in [1.29, 1.82) is 0 Å². The van der Waals surface area contributed by atoms with Gasteiger partial charge in [-0.2, -0.15) is 0 Å². The normalized spacial score (nSPS) is 20.1. The van der Waals surface area contributed by atoms with Crippen LogP contribution in [0.3, 0.4) is 0 Å². The van der Waals surface area contributed by atoms with Crippen molar-refractivity contribution in [2.24, 2.45) is 5.41 Å². The minimum Gasteiger partial charge on any atom is -0.316 e. The van der Waals surface area contributed by atoms with Crippen molar-refractivity contribution in [3.8, 4) is 0 Å². The third kappa shape index (κ3) is 3.61. The summed E-state index contributed by atoms with van der Waals surface area (Å²) in [5, 5.41) is 3.56. The molecule has 0 aromatic carbocycles. The Labute approximate surface area is 89.7 Å². The van der Waals surface area contributed by atoms with Crippen LogP contribution in [-0.2, 0) is 0 Å². The molecule has 1 aliphatic rings. The van der Waals surface area contributed by atoms with Crippen molar-refractivity contribution in [2.75, 3.05) is 13.1 Å².